The molecule has 0 aromatic heterocycles. The summed E-state index contributed by atoms with van der Waals surface area (Å²) >= 11 is 11.4. The molecule has 3 N–H and O–H groups in total. The molecule has 0 atom stereocenters. The van der Waals surface area contributed by atoms with Crippen LogP contribution in [0.2, 0.25) is 5.02 Å². The molecule has 0 radical (unpaired) electrons. The van der Waals surface area contributed by atoms with Crippen molar-refractivity contribution in [3.63, 3.8) is 0 Å². The Labute approximate surface area is 180 Å². The topological polar surface area (TPSA) is 62.4 Å². The van der Waals surface area contributed by atoms with Crippen LogP contribution in [0, 0.1) is 0 Å². The second kappa shape index (κ2) is 9.91. The number of thiocarbonyl (C=S) groups is 1. The van der Waals surface area contributed by atoms with E-state index in [1.54, 1.807) is 49.6 Å². The first-order valence-electron chi connectivity index (χ1n) is 8.89. The number of hydrogen-bond acceptors (Lipinski definition) is 3. The predicted molar refractivity (Wildman–Crippen MR) is 122 cm³/mol. The molecule has 0 spiro atoms. The molecule has 0 saturated carbocycles. The Kier molecular flexibility index (Phi) is 7.05. The summed E-state index contributed by atoms with van der Waals surface area (Å²) < 4.78 is 5.15. The molecule has 0 heterocycles. The highest BCUT2D eigenvalue weighted by molar-refractivity contribution is 7.80. The third kappa shape index (κ3) is 5.94. The summed E-state index contributed by atoms with van der Waals surface area (Å²) in [6.45, 7) is 0.548. The van der Waals surface area contributed by atoms with E-state index in [2.05, 4.69) is 16.0 Å². The number of carbonyl (C=O) groups is 1. The van der Waals surface area contributed by atoms with E-state index in [1.165, 1.54) is 0 Å². The number of ether oxygens (including phenoxy) is 1. The first kappa shape index (κ1) is 20.6. The van der Waals surface area contributed by atoms with E-state index in [0.29, 0.717) is 33.6 Å². The van der Waals surface area contributed by atoms with Crippen molar-refractivity contribution in [3.05, 3.63) is 88.9 Å². The fourth-order valence-electron chi connectivity index (χ4n) is 2.65. The van der Waals surface area contributed by atoms with Crippen LogP contribution in [0.15, 0.2) is 72.8 Å². The molecule has 1 amide bonds. The molecule has 0 aliphatic heterocycles. The first-order chi connectivity index (χ1) is 14.0. The number of nitrogens with one attached hydrogen (secondary N) is 3. The second-order valence-corrected chi connectivity index (χ2v) is 7.01. The fraction of sp³-hybridized carbons (Fsp3) is 0.0909. The van der Waals surface area contributed by atoms with Gasteiger partial charge in [-0.15, -0.1) is 0 Å². The Bertz CT molecular complexity index is 1010. The van der Waals surface area contributed by atoms with Gasteiger partial charge in [-0.05, 0) is 60.2 Å². The van der Waals surface area contributed by atoms with E-state index in [1.807, 2.05) is 30.3 Å². The Balaban J connectivity index is 1.63. The van der Waals surface area contributed by atoms with Crippen molar-refractivity contribution in [2.45, 2.75) is 6.54 Å². The number of rotatable bonds is 6. The largest absolute Gasteiger partial charge is 0.497 e. The summed E-state index contributed by atoms with van der Waals surface area (Å²) in [5.74, 6) is 0.544. The van der Waals surface area contributed by atoms with Gasteiger partial charge in [0.05, 0.1) is 18.4 Å². The Morgan fingerprint density at radius 3 is 2.48 bits per heavy atom. The summed E-state index contributed by atoms with van der Waals surface area (Å²) in [4.78, 5) is 12.7. The Hall–Kier alpha value is -3.09. The number of anilines is 2. The van der Waals surface area contributed by atoms with Gasteiger partial charge in [0.2, 0.25) is 0 Å². The molecule has 0 bridgehead atoms. The van der Waals surface area contributed by atoms with Gasteiger partial charge in [0.15, 0.2) is 5.11 Å². The van der Waals surface area contributed by atoms with E-state index in [4.69, 9.17) is 28.6 Å². The van der Waals surface area contributed by atoms with Crippen molar-refractivity contribution >= 4 is 46.2 Å². The molecule has 3 aromatic rings. The van der Waals surface area contributed by atoms with Crippen LogP contribution in [-0.4, -0.2) is 18.1 Å². The van der Waals surface area contributed by atoms with Crippen LogP contribution in [0.4, 0.5) is 11.4 Å². The number of carbonyl (C=O) groups excluding carboxylic acids is 1. The zero-order chi connectivity index (χ0) is 20.6. The lowest BCUT2D eigenvalue weighted by Crippen LogP contribution is -2.29. The summed E-state index contributed by atoms with van der Waals surface area (Å²) in [5.41, 5.74) is 2.76. The van der Waals surface area contributed by atoms with Crippen molar-refractivity contribution in [2.75, 3.05) is 17.7 Å². The Morgan fingerprint density at radius 1 is 1.00 bits per heavy atom. The van der Waals surface area contributed by atoms with Crippen molar-refractivity contribution in [2.24, 2.45) is 0 Å². The predicted octanol–water partition coefficient (Wildman–Crippen LogP) is 5.09. The van der Waals surface area contributed by atoms with Crippen LogP contribution >= 0.6 is 23.8 Å². The molecule has 0 aliphatic rings. The highest BCUT2D eigenvalue weighted by atomic mass is 35.5. The summed E-state index contributed by atoms with van der Waals surface area (Å²) in [7, 11) is 1.63. The summed E-state index contributed by atoms with van der Waals surface area (Å²) in [6, 6.07) is 21.9. The lowest BCUT2D eigenvalue weighted by atomic mass is 10.1. The summed E-state index contributed by atoms with van der Waals surface area (Å²) in [6.07, 6.45) is 0. The van der Waals surface area contributed by atoms with Crippen molar-refractivity contribution in [1.29, 1.82) is 0 Å². The molecule has 0 fully saturated rings. The minimum Gasteiger partial charge on any atom is -0.497 e. The SMILES string of the molecule is COc1ccc(CNC(=S)Nc2ccccc2C(=O)Nc2cccc(Cl)c2)cc1. The molecule has 7 heteroatoms. The van der Waals surface area contributed by atoms with Crippen LogP contribution in [0.25, 0.3) is 0 Å². The van der Waals surface area contributed by atoms with Crippen molar-refractivity contribution in [1.82, 2.24) is 5.32 Å². The van der Waals surface area contributed by atoms with E-state index >= 15 is 0 Å². The maximum absolute atomic E-state index is 12.7. The third-order valence-electron chi connectivity index (χ3n) is 4.11. The van der Waals surface area contributed by atoms with E-state index in [0.717, 1.165) is 11.3 Å². The zero-order valence-electron chi connectivity index (χ0n) is 15.7. The number of benzene rings is 3. The summed E-state index contributed by atoms with van der Waals surface area (Å²) in [5, 5.41) is 10.0. The molecule has 0 unspecified atom stereocenters. The molecule has 29 heavy (non-hydrogen) atoms. The normalized spacial score (nSPS) is 10.1. The number of para-hydroxylation sites is 1. The van der Waals surface area contributed by atoms with Gasteiger partial charge in [0, 0.05) is 17.3 Å². The first-order valence-corrected chi connectivity index (χ1v) is 9.67. The minimum absolute atomic E-state index is 0.256. The average Bonchev–Trinajstić information content (AvgIpc) is 2.73. The smallest absolute Gasteiger partial charge is 0.257 e. The molecule has 3 rings (SSSR count). The zero-order valence-corrected chi connectivity index (χ0v) is 17.3. The number of hydrogen-bond donors (Lipinski definition) is 3. The maximum atomic E-state index is 12.7. The van der Waals surface area contributed by atoms with Gasteiger partial charge in [-0.1, -0.05) is 41.9 Å². The van der Waals surface area contributed by atoms with Crippen molar-refractivity contribution in [3.8, 4) is 5.75 Å². The van der Waals surface area contributed by atoms with Crippen molar-refractivity contribution < 1.29 is 9.53 Å². The van der Waals surface area contributed by atoms with Crippen LogP contribution < -0.4 is 20.7 Å². The molecular formula is C22H20ClN3O2S. The van der Waals surface area contributed by atoms with Gasteiger partial charge in [-0.2, -0.15) is 0 Å². The van der Waals surface area contributed by atoms with E-state index < -0.39 is 0 Å². The number of amides is 1. The van der Waals surface area contributed by atoms with Crippen LogP contribution in [0.3, 0.4) is 0 Å². The fourth-order valence-corrected chi connectivity index (χ4v) is 3.02. The van der Waals surface area contributed by atoms with Crippen LogP contribution in [0.1, 0.15) is 15.9 Å². The number of methoxy groups -OCH3 is 1. The lowest BCUT2D eigenvalue weighted by Gasteiger charge is -2.14. The van der Waals surface area contributed by atoms with E-state index in [9.17, 15) is 4.79 Å². The maximum Gasteiger partial charge on any atom is 0.257 e. The standard InChI is InChI=1S/C22H20ClN3O2S/c1-28-18-11-9-15(10-12-18)14-24-22(29)26-20-8-3-2-7-19(20)21(27)25-17-6-4-5-16(23)13-17/h2-13H,14H2,1H3,(H,25,27)(H2,24,26,29). The molecule has 0 saturated heterocycles. The molecule has 0 aliphatic carbocycles. The van der Waals surface area contributed by atoms with Gasteiger partial charge in [0.25, 0.3) is 5.91 Å². The lowest BCUT2D eigenvalue weighted by molar-refractivity contribution is 0.102. The molecule has 3 aromatic carbocycles. The van der Waals surface area contributed by atoms with Gasteiger partial charge in [0.1, 0.15) is 5.75 Å². The third-order valence-corrected chi connectivity index (χ3v) is 4.60. The van der Waals surface area contributed by atoms with Crippen LogP contribution in [0.5, 0.6) is 5.75 Å². The van der Waals surface area contributed by atoms with Gasteiger partial charge in [-0.25, -0.2) is 0 Å². The monoisotopic (exact) mass is 425 g/mol. The quantitative estimate of drug-likeness (QED) is 0.480. The Morgan fingerprint density at radius 2 is 1.76 bits per heavy atom. The molecule has 148 valence electrons. The van der Waals surface area contributed by atoms with Crippen LogP contribution in [-0.2, 0) is 6.54 Å². The highest BCUT2D eigenvalue weighted by Crippen LogP contribution is 2.19. The van der Waals surface area contributed by atoms with Gasteiger partial charge < -0.3 is 20.7 Å². The molecular weight excluding hydrogens is 406 g/mol. The highest BCUT2D eigenvalue weighted by Gasteiger charge is 2.12. The van der Waals surface area contributed by atoms with E-state index in [-0.39, 0.29) is 5.91 Å². The minimum atomic E-state index is -0.256. The number of halogens is 1. The average molecular weight is 426 g/mol. The van der Waals surface area contributed by atoms with Gasteiger partial charge >= 0.3 is 0 Å². The second-order valence-electron chi connectivity index (χ2n) is 6.17. The van der Waals surface area contributed by atoms with Gasteiger partial charge in [-0.3, -0.25) is 4.79 Å². The molecule has 5 nitrogen and oxygen atoms in total.